The summed E-state index contributed by atoms with van der Waals surface area (Å²) >= 11 is 2.34. The molecule has 0 aliphatic heterocycles. The van der Waals surface area contributed by atoms with Crippen LogP contribution in [0.25, 0.3) is 22.3 Å². The van der Waals surface area contributed by atoms with Gasteiger partial charge in [-0.2, -0.15) is 47.5 Å². The summed E-state index contributed by atoms with van der Waals surface area (Å²) in [6.45, 7) is 13.5. The monoisotopic (exact) mass is 742 g/mol. The molecule has 4 heteroatoms. The van der Waals surface area contributed by atoms with E-state index in [0.717, 1.165) is 12.8 Å². The molecular formula is C46H44Cl2SiTi-2. The van der Waals surface area contributed by atoms with Gasteiger partial charge in [0, 0.05) is 0 Å². The SMILES string of the molecule is CC(C)(C)c1[c-]c2c(cc1)-c1ccccc1C2.CC(C)(C)c1[c-]c2c(cc1)-c1ccccc1C2.[Cl-].[Cl-].[Ti+2]=[Si](c1ccccc1)c1ccccc1. The van der Waals surface area contributed by atoms with Gasteiger partial charge in [-0.3, -0.25) is 0 Å². The van der Waals surface area contributed by atoms with Gasteiger partial charge in [0.2, 0.25) is 0 Å². The second-order valence-corrected chi connectivity index (χ2v) is 19.1. The van der Waals surface area contributed by atoms with Crippen molar-refractivity contribution in [2.75, 3.05) is 0 Å². The van der Waals surface area contributed by atoms with E-state index in [2.05, 4.69) is 206 Å². The number of hydrogen-bond donors (Lipinski definition) is 0. The molecule has 0 fully saturated rings. The van der Waals surface area contributed by atoms with E-state index in [-0.39, 0.29) is 35.6 Å². The standard InChI is InChI=1S/2C17H17.C12H10Si.2ClH.Ti/c2*1-17(2,3)14-8-9-16-13(11-14)10-12-6-4-5-7-15(12)16;1-3-7-11(8-4-1)13-12-9-5-2-6-10-12;;;/h2*4-9H,10H2,1-3H3;1-10H;2*1H;/q2*-1;;;;+2/p-2. The zero-order valence-corrected chi connectivity index (χ0v) is 33.9. The first-order valence-electron chi connectivity index (χ1n) is 17.0. The van der Waals surface area contributed by atoms with Gasteiger partial charge in [0.25, 0.3) is 0 Å². The van der Waals surface area contributed by atoms with Crippen molar-refractivity contribution in [3.63, 3.8) is 0 Å². The molecule has 6 aromatic rings. The van der Waals surface area contributed by atoms with E-state index in [1.165, 1.54) is 66.0 Å². The molecule has 0 N–H and O–H groups in total. The van der Waals surface area contributed by atoms with Crippen molar-refractivity contribution < 1.29 is 44.0 Å². The van der Waals surface area contributed by atoms with Gasteiger partial charge >= 0.3 is 96.4 Å². The van der Waals surface area contributed by atoms with Crippen LogP contribution in [-0.2, 0) is 42.8 Å². The van der Waals surface area contributed by atoms with Crippen molar-refractivity contribution >= 4 is 16.6 Å². The van der Waals surface area contributed by atoms with Gasteiger partial charge < -0.3 is 24.8 Å². The van der Waals surface area contributed by atoms with Crippen molar-refractivity contribution in [2.24, 2.45) is 0 Å². The van der Waals surface area contributed by atoms with Crippen molar-refractivity contribution in [1.82, 2.24) is 0 Å². The van der Waals surface area contributed by atoms with E-state index in [4.69, 9.17) is 0 Å². The molecule has 0 aromatic heterocycles. The molecule has 252 valence electrons. The van der Waals surface area contributed by atoms with E-state index in [1.807, 2.05) is 0 Å². The van der Waals surface area contributed by atoms with Gasteiger partial charge in [-0.05, 0) is 23.7 Å². The summed E-state index contributed by atoms with van der Waals surface area (Å²) in [6.07, 6.45) is 1.53. The van der Waals surface area contributed by atoms with Crippen LogP contribution >= 0.6 is 0 Å². The molecule has 0 heterocycles. The molecule has 0 nitrogen and oxygen atoms in total. The third kappa shape index (κ3) is 9.19. The fourth-order valence-corrected chi connectivity index (χ4v) is 9.31. The molecule has 0 radical (unpaired) electrons. The quantitative estimate of drug-likeness (QED) is 0.185. The molecule has 0 amide bonds. The van der Waals surface area contributed by atoms with Crippen LogP contribution in [0.5, 0.6) is 0 Å². The normalized spacial score (nSPS) is 11.8. The first-order chi connectivity index (χ1) is 23.0. The first kappa shape index (κ1) is 39.6. The summed E-state index contributed by atoms with van der Waals surface area (Å²) in [5, 5.41) is 2.95. The summed E-state index contributed by atoms with van der Waals surface area (Å²) in [6, 6.07) is 55.1. The van der Waals surface area contributed by atoms with Gasteiger partial charge in [-0.15, -0.1) is 22.3 Å². The van der Waals surface area contributed by atoms with Crippen LogP contribution in [0.3, 0.4) is 0 Å². The van der Waals surface area contributed by atoms with Crippen molar-refractivity contribution in [3.8, 4) is 22.3 Å². The van der Waals surface area contributed by atoms with Crippen molar-refractivity contribution in [3.05, 3.63) is 179 Å². The van der Waals surface area contributed by atoms with E-state index in [0.29, 0.717) is 0 Å². The molecular weight excluding hydrogens is 699 g/mol. The van der Waals surface area contributed by atoms with Gasteiger partial charge in [0.1, 0.15) is 0 Å². The predicted octanol–water partition coefficient (Wildman–Crippen LogP) is 4.06. The molecule has 0 saturated carbocycles. The number of rotatable bonds is 2. The maximum atomic E-state index is 3.61. The number of fused-ring (bicyclic) bond motifs is 6. The third-order valence-corrected chi connectivity index (χ3v) is 13.7. The van der Waals surface area contributed by atoms with Crippen LogP contribution in [0.4, 0.5) is 0 Å². The van der Waals surface area contributed by atoms with Crippen LogP contribution < -0.4 is 35.2 Å². The van der Waals surface area contributed by atoms with Gasteiger partial charge in [0.05, 0.1) is 0 Å². The Morgan fingerprint density at radius 3 is 1.14 bits per heavy atom. The molecule has 0 spiro atoms. The van der Waals surface area contributed by atoms with Crippen LogP contribution in [0.15, 0.2) is 133 Å². The summed E-state index contributed by atoms with van der Waals surface area (Å²) in [5.41, 5.74) is 14.1. The second kappa shape index (κ2) is 16.9. The summed E-state index contributed by atoms with van der Waals surface area (Å²) in [5.74, 6) is 0. The fraction of sp³-hybridized carbons (Fsp3) is 0.217. The number of hydrogen-bond acceptors (Lipinski definition) is 0. The molecule has 2 aliphatic rings. The molecule has 0 saturated heterocycles. The average Bonchev–Trinajstić information content (AvgIpc) is 3.66. The van der Waals surface area contributed by atoms with Crippen LogP contribution in [0, 0.1) is 12.1 Å². The Morgan fingerprint density at radius 1 is 0.440 bits per heavy atom. The average molecular weight is 744 g/mol. The van der Waals surface area contributed by atoms with Gasteiger partial charge in [-0.1, -0.05) is 112 Å². The van der Waals surface area contributed by atoms with E-state index >= 15 is 0 Å². The van der Waals surface area contributed by atoms with Gasteiger partial charge in [-0.25, -0.2) is 0 Å². The first-order valence-corrected chi connectivity index (χ1v) is 20.8. The van der Waals surface area contributed by atoms with Crippen LogP contribution in [0.2, 0.25) is 0 Å². The van der Waals surface area contributed by atoms with Crippen LogP contribution in [-0.4, -0.2) is 6.19 Å². The topological polar surface area (TPSA) is 0 Å². The summed E-state index contributed by atoms with van der Waals surface area (Å²) in [7, 11) is 0. The van der Waals surface area contributed by atoms with E-state index in [1.54, 1.807) is 0 Å². The minimum absolute atomic E-state index is 0. The molecule has 0 bridgehead atoms. The summed E-state index contributed by atoms with van der Waals surface area (Å²) < 4.78 is 0. The summed E-state index contributed by atoms with van der Waals surface area (Å²) in [4.78, 5) is 0. The third-order valence-electron chi connectivity index (χ3n) is 9.15. The zero-order chi connectivity index (χ0) is 33.9. The van der Waals surface area contributed by atoms with Crippen molar-refractivity contribution in [2.45, 2.75) is 65.2 Å². The Kier molecular flexibility index (Phi) is 13.4. The van der Waals surface area contributed by atoms with Crippen molar-refractivity contribution in [1.29, 1.82) is 0 Å². The molecule has 0 atom stereocenters. The number of benzene rings is 6. The molecule has 2 aliphatic carbocycles. The molecule has 6 aromatic carbocycles. The minimum atomic E-state index is -0.545. The Balaban J connectivity index is 0.000000166. The zero-order valence-electron chi connectivity index (χ0n) is 29.9. The Labute approximate surface area is 324 Å². The Hall–Kier alpha value is -3.17. The molecule has 0 unspecified atom stereocenters. The Bertz CT molecular complexity index is 1910. The molecule has 50 heavy (non-hydrogen) atoms. The second-order valence-electron chi connectivity index (χ2n) is 14.8. The van der Waals surface area contributed by atoms with E-state index in [9.17, 15) is 0 Å². The predicted molar refractivity (Wildman–Crippen MR) is 202 cm³/mol. The number of halogens is 2. The maximum absolute atomic E-state index is 3.61. The van der Waals surface area contributed by atoms with Crippen LogP contribution in [0.1, 0.15) is 74.9 Å². The van der Waals surface area contributed by atoms with E-state index < -0.39 is 6.19 Å². The fourth-order valence-electron chi connectivity index (χ4n) is 6.37. The Morgan fingerprint density at radius 2 is 0.780 bits per heavy atom. The van der Waals surface area contributed by atoms with Gasteiger partial charge in [0.15, 0.2) is 0 Å². The molecule has 8 rings (SSSR count).